The molecule has 3 aromatic heterocycles. The Morgan fingerprint density at radius 2 is 0.415 bits per heavy atom. The van der Waals surface area contributed by atoms with Gasteiger partial charge in [0, 0.05) is 43.8 Å². The van der Waals surface area contributed by atoms with Crippen LogP contribution in [-0.2, 0) is 0 Å². The minimum atomic E-state index is -2.08. The monoisotopic (exact) mass is 1150 g/mol. The van der Waals surface area contributed by atoms with Gasteiger partial charge < -0.3 is 9.97 Å². The first-order chi connectivity index (χ1) is 38.5. The zero-order valence-electron chi connectivity index (χ0n) is 54.5. The average Bonchev–Trinajstić information content (AvgIpc) is 4.17. The van der Waals surface area contributed by atoms with Crippen molar-refractivity contribution in [3.05, 3.63) is 119 Å². The molecule has 0 spiro atoms. The van der Waals surface area contributed by atoms with E-state index in [1.54, 1.807) is 0 Å². The number of fused-ring (bicyclic) bond motifs is 2. The van der Waals surface area contributed by atoms with Gasteiger partial charge in [-0.1, -0.05) is 214 Å². The lowest BCUT2D eigenvalue weighted by atomic mass is 10.0. The van der Waals surface area contributed by atoms with Gasteiger partial charge in [0.25, 0.3) is 0 Å². The fraction of sp³-hybridized carbons (Fsp3) is 0.474. The molecular weight excluding hydrogens is 1050 g/mol. The van der Waals surface area contributed by atoms with E-state index in [1.165, 1.54) is 0 Å². The van der Waals surface area contributed by atoms with Crippen molar-refractivity contribution in [2.75, 3.05) is 0 Å². The molecule has 2 N–H and O–H groups in total. The topological polar surface area (TPSA) is 31.6 Å². The Morgan fingerprint density at radius 1 is 0.256 bits per heavy atom. The highest BCUT2D eigenvalue weighted by molar-refractivity contribution is 6.92. The fourth-order valence-corrected chi connectivity index (χ4v) is 36.6. The molecule has 4 aromatic carbocycles. The average molecular weight is 1150 g/mol. The Labute approximate surface area is 502 Å². The van der Waals surface area contributed by atoms with Gasteiger partial charge >= 0.3 is 0 Å². The molecule has 0 fully saturated rings. The third-order valence-electron chi connectivity index (χ3n) is 19.7. The van der Waals surface area contributed by atoms with Crippen LogP contribution in [0.4, 0.5) is 0 Å². The van der Waals surface area contributed by atoms with Crippen LogP contribution >= 0.6 is 0 Å². The second kappa shape index (κ2) is 25.0. The van der Waals surface area contributed by atoms with Gasteiger partial charge in [-0.3, -0.25) is 0 Å². The maximum atomic E-state index is 4.02. The van der Waals surface area contributed by atoms with Crippen LogP contribution in [0.3, 0.4) is 0 Å². The predicted molar refractivity (Wildman–Crippen MR) is 369 cm³/mol. The van der Waals surface area contributed by atoms with Crippen molar-refractivity contribution in [2.45, 2.75) is 233 Å². The molecule has 7 rings (SSSR count). The van der Waals surface area contributed by atoms with Gasteiger partial charge in [-0.15, -0.1) is 22.2 Å². The van der Waals surface area contributed by atoms with Crippen LogP contribution < -0.4 is 0 Å². The van der Waals surface area contributed by atoms with Crippen molar-refractivity contribution < 1.29 is 0 Å². The summed E-state index contributed by atoms with van der Waals surface area (Å²) in [6.07, 6.45) is 0. The number of nitrogens with one attached hydrogen (secondary N) is 2. The second-order valence-electron chi connectivity index (χ2n) is 27.6. The number of hydrogen-bond acceptors (Lipinski definition) is 0. The van der Waals surface area contributed by atoms with E-state index in [0.29, 0.717) is 66.5 Å². The van der Waals surface area contributed by atoms with E-state index in [2.05, 4.69) is 319 Å². The van der Waals surface area contributed by atoms with Crippen molar-refractivity contribution >= 4 is 97.5 Å². The normalized spacial score (nSPS) is 12.4. The molecule has 0 aliphatic heterocycles. The van der Waals surface area contributed by atoms with Gasteiger partial charge in [-0.25, -0.2) is 0 Å². The molecule has 0 radical (unpaired) electrons. The van der Waals surface area contributed by atoms with Crippen molar-refractivity contribution in [1.29, 1.82) is 0 Å². The highest BCUT2D eigenvalue weighted by Gasteiger charge is 2.44. The van der Waals surface area contributed by atoms with E-state index in [9.17, 15) is 0 Å². The van der Waals surface area contributed by atoms with Crippen LogP contribution in [0.15, 0.2) is 48.5 Å². The highest BCUT2D eigenvalue weighted by Crippen LogP contribution is 2.45. The Balaban J connectivity index is 1.67. The zero-order chi connectivity index (χ0) is 60.6. The summed E-state index contributed by atoms with van der Waals surface area (Å²) in [7, 11) is -8.31. The summed E-state index contributed by atoms with van der Waals surface area (Å²) in [5.74, 6) is 15.2. The smallest absolute Gasteiger partial charge is 0.146 e. The molecule has 0 aliphatic carbocycles. The number of H-pyrrole nitrogens is 2. The molecule has 4 bridgehead atoms. The number of hydrogen-bond donors (Lipinski definition) is 2. The molecule has 0 aliphatic rings. The molecule has 0 saturated heterocycles. The number of benzene rings is 4. The third kappa shape index (κ3) is 11.6. The summed E-state index contributed by atoms with van der Waals surface area (Å²) < 4.78 is 0. The van der Waals surface area contributed by atoms with Gasteiger partial charge in [-0.05, 0) is 139 Å². The molecule has 424 valence electrons. The van der Waals surface area contributed by atoms with Crippen molar-refractivity contribution in [2.24, 2.45) is 0 Å². The molecule has 2 nitrogen and oxygen atoms in total. The summed E-state index contributed by atoms with van der Waals surface area (Å²) in [4.78, 5) is 7.73. The molecule has 82 heavy (non-hydrogen) atoms. The van der Waals surface area contributed by atoms with E-state index in [1.807, 2.05) is 0 Å². The van der Waals surface area contributed by atoms with Crippen molar-refractivity contribution in [1.82, 2.24) is 9.97 Å². The van der Waals surface area contributed by atoms with E-state index in [-0.39, 0.29) is 0 Å². The van der Waals surface area contributed by atoms with Crippen LogP contribution in [0.5, 0.6) is 0 Å². The van der Waals surface area contributed by atoms with Crippen LogP contribution in [0, 0.1) is 94.4 Å². The molecule has 0 atom stereocenters. The molecule has 3 heterocycles. The largest absolute Gasteiger partial charge is 0.352 e. The van der Waals surface area contributed by atoms with Crippen molar-refractivity contribution in [3.8, 4) is 45.9 Å². The van der Waals surface area contributed by atoms with Crippen LogP contribution in [0.2, 0.25) is 66.5 Å². The summed E-state index contributed by atoms with van der Waals surface area (Å²) >= 11 is 0. The Bertz CT molecular complexity index is 3270. The second-order valence-corrected chi connectivity index (χ2v) is 49.9. The molecule has 7 aromatic rings. The first-order valence-corrected chi connectivity index (χ1v) is 39.9. The predicted octanol–water partition coefficient (Wildman–Crippen LogP) is 21.6. The first-order valence-electron chi connectivity index (χ1n) is 30.9. The summed E-state index contributed by atoms with van der Waals surface area (Å²) in [5.41, 5.74) is 29.6. The summed E-state index contributed by atoms with van der Waals surface area (Å²) in [6, 6.07) is 45.6. The van der Waals surface area contributed by atoms with E-state index in [0.717, 1.165) is 87.4 Å². The maximum Gasteiger partial charge on any atom is 0.146 e. The lowest BCUT2D eigenvalue weighted by molar-refractivity contribution is 0.838. The van der Waals surface area contributed by atoms with Gasteiger partial charge in [0.1, 0.15) is 32.3 Å². The maximum absolute atomic E-state index is 4.02. The Hall–Kier alpha value is -6.17. The molecule has 0 unspecified atom stereocenters. The molecule has 0 saturated carbocycles. The van der Waals surface area contributed by atoms with Crippen LogP contribution in [-0.4, -0.2) is 42.3 Å². The van der Waals surface area contributed by atoms with Gasteiger partial charge in [0.05, 0.1) is 43.6 Å². The summed E-state index contributed by atoms with van der Waals surface area (Å²) in [6.45, 7) is 57.0. The zero-order valence-corrected chi connectivity index (χ0v) is 58.5. The lowest BCUT2D eigenvalue weighted by Gasteiger charge is -2.38. The Kier molecular flexibility index (Phi) is 19.3. The number of rotatable bonds is 12. The number of aromatic amines is 2. The van der Waals surface area contributed by atoms with Gasteiger partial charge in [-0.2, -0.15) is 0 Å². The molecule has 0 amide bonds. The highest BCUT2D eigenvalue weighted by atomic mass is 28.3. The van der Waals surface area contributed by atoms with Crippen LogP contribution in [0.1, 0.15) is 188 Å². The standard InChI is InChI=1S/C76H94N2Si4/c1-49(2)79(50(3)4,51(5)6)37-33-61-41-65-29-25-26-30-67-43-63(35-39-81(55(13)14,56(15)16)57(17)18)47-71-72-48-64(36-40-82(58(19)20,59(21)22)60(23)24)44-68(76(72)78-75(67)71)32-28-27-31-66-42-62(46-70-69(45-61)73(65)77-74(66)70)34-38-80(52(7)8,53(9)10)54(11)12/h41-60,77-78H,1-24H3. The minimum Gasteiger partial charge on any atom is -0.352 e. The van der Waals surface area contributed by atoms with Crippen LogP contribution in [0.25, 0.3) is 65.2 Å². The third-order valence-corrected chi connectivity index (χ3v) is 44.9. The van der Waals surface area contributed by atoms with E-state index < -0.39 is 32.3 Å². The van der Waals surface area contributed by atoms with Gasteiger partial charge in [0.15, 0.2) is 0 Å². The summed E-state index contributed by atoms with van der Waals surface area (Å²) in [5, 5.41) is 7.60. The Morgan fingerprint density at radius 3 is 0.561 bits per heavy atom. The van der Waals surface area contributed by atoms with Gasteiger partial charge in [0.2, 0.25) is 0 Å². The quantitative estimate of drug-likeness (QED) is 0.0903. The van der Waals surface area contributed by atoms with E-state index >= 15 is 0 Å². The fourth-order valence-electron chi connectivity index (χ4n) is 15.7. The number of aromatic nitrogens is 2. The van der Waals surface area contributed by atoms with Crippen molar-refractivity contribution in [3.63, 3.8) is 0 Å². The minimum absolute atomic E-state index is 0.497. The van der Waals surface area contributed by atoms with E-state index in [4.69, 9.17) is 0 Å². The molecule has 6 heteroatoms. The first kappa shape index (κ1) is 63.4. The molecular formula is C76H94N2Si4. The SMILES string of the molecule is CC(C)[Si](C#Cc1cc2c#cc#cc3cc(C#C[Si](C(C)C)(C(C)C)C(C)C)cc4c5cc(C#C[Si](C(C)C)(C(C)C)C(C)C)cc(c#cc#cc6cc(C#C[Si](C(C)C)(C(C)C)C(C)C)cc7c(c1)c2[nH]c67)c5[nH]c34)(C(C)C)C(C)C. The lowest BCUT2D eigenvalue weighted by Crippen LogP contribution is -2.43.